The summed E-state index contributed by atoms with van der Waals surface area (Å²) in [6.45, 7) is 16.6. The Bertz CT molecular complexity index is 92.6. The summed E-state index contributed by atoms with van der Waals surface area (Å²) in [5.74, 6) is 0.963. The Kier molecular flexibility index (Phi) is 25.6. The van der Waals surface area contributed by atoms with Crippen molar-refractivity contribution in [3.05, 3.63) is 11.6 Å². The molecule has 0 N–H and O–H groups in total. The van der Waals surface area contributed by atoms with Gasteiger partial charge >= 0.3 is 0 Å². The molecule has 1 saturated carbocycles. The zero-order valence-corrected chi connectivity index (χ0v) is 11.8. The number of hydrogen-bond acceptors (Lipinski definition) is 0. The van der Waals surface area contributed by atoms with E-state index in [1.54, 1.807) is 0 Å². The molecule has 0 heteroatoms. The van der Waals surface area contributed by atoms with E-state index in [0.29, 0.717) is 0 Å². The second-order valence-corrected chi connectivity index (χ2v) is 3.29. The normalized spacial score (nSPS) is 11.7. The molecular formula is C14H32. The molecule has 0 spiro atoms. The molecule has 1 aliphatic carbocycles. The van der Waals surface area contributed by atoms with Crippen molar-refractivity contribution in [3.63, 3.8) is 0 Å². The predicted octanol–water partition coefficient (Wildman–Crippen LogP) is 5.83. The van der Waals surface area contributed by atoms with Gasteiger partial charge in [0, 0.05) is 0 Å². The summed E-state index contributed by atoms with van der Waals surface area (Å²) in [6, 6.07) is 0. The predicted molar refractivity (Wildman–Crippen MR) is 70.8 cm³/mol. The highest BCUT2D eigenvalue weighted by Crippen LogP contribution is 2.30. The first-order valence-electron chi connectivity index (χ1n) is 6.35. The molecule has 0 aromatic carbocycles. The van der Waals surface area contributed by atoms with E-state index in [4.69, 9.17) is 0 Å². The SMILES string of the molecule is CC.CC.CC(C)=CC1CC1.CCC. The van der Waals surface area contributed by atoms with Crippen LogP contribution in [0.4, 0.5) is 0 Å². The van der Waals surface area contributed by atoms with Crippen molar-refractivity contribution in [3.8, 4) is 0 Å². The number of hydrogen-bond donors (Lipinski definition) is 0. The summed E-state index contributed by atoms with van der Waals surface area (Å²) in [5, 5.41) is 0. The zero-order valence-electron chi connectivity index (χ0n) is 11.8. The minimum absolute atomic E-state index is 0.963. The van der Waals surface area contributed by atoms with E-state index in [1.165, 1.54) is 24.8 Å². The molecule has 1 aliphatic rings. The molecule has 0 heterocycles. The summed E-state index contributed by atoms with van der Waals surface area (Å²) in [6.07, 6.45) is 6.48. The molecular weight excluding hydrogens is 168 g/mol. The van der Waals surface area contributed by atoms with Crippen molar-refractivity contribution < 1.29 is 0 Å². The zero-order chi connectivity index (χ0) is 12.0. The van der Waals surface area contributed by atoms with Gasteiger partial charge in [0.15, 0.2) is 0 Å². The molecule has 88 valence electrons. The first-order chi connectivity index (χ1) is 6.70. The average molecular weight is 200 g/mol. The lowest BCUT2D eigenvalue weighted by Crippen LogP contribution is -1.65. The Balaban J connectivity index is -0.000000148. The van der Waals surface area contributed by atoms with Crippen LogP contribution in [0, 0.1) is 5.92 Å². The lowest BCUT2D eigenvalue weighted by molar-refractivity contribution is 1.09. The van der Waals surface area contributed by atoms with Crippen LogP contribution in [0.25, 0.3) is 0 Å². The molecule has 0 aliphatic heterocycles. The van der Waals surface area contributed by atoms with Crippen LogP contribution in [0.1, 0.15) is 74.7 Å². The van der Waals surface area contributed by atoms with Crippen molar-refractivity contribution in [1.29, 1.82) is 0 Å². The fourth-order valence-electron chi connectivity index (χ4n) is 0.734. The van der Waals surface area contributed by atoms with Gasteiger partial charge in [-0.05, 0) is 32.6 Å². The standard InChI is InChI=1S/C7H12.C3H8.2C2H6/c1-6(2)5-7-3-4-7;1-3-2;2*1-2/h5,7H,3-4H2,1-2H3;3H2,1-2H3;2*1-2H3. The third kappa shape index (κ3) is 29.8. The largest absolute Gasteiger partial charge is 0.0828 e. The van der Waals surface area contributed by atoms with Gasteiger partial charge in [-0.15, -0.1) is 0 Å². The summed E-state index contributed by atoms with van der Waals surface area (Å²) >= 11 is 0. The molecule has 0 bridgehead atoms. The molecule has 0 atom stereocenters. The van der Waals surface area contributed by atoms with E-state index in [0.717, 1.165) is 5.92 Å². The van der Waals surface area contributed by atoms with Crippen LogP contribution in [-0.2, 0) is 0 Å². The van der Waals surface area contributed by atoms with Gasteiger partial charge in [-0.1, -0.05) is 59.6 Å². The van der Waals surface area contributed by atoms with Gasteiger partial charge in [0.25, 0.3) is 0 Å². The fraction of sp³-hybridized carbons (Fsp3) is 0.857. The van der Waals surface area contributed by atoms with E-state index < -0.39 is 0 Å². The molecule has 1 rings (SSSR count). The van der Waals surface area contributed by atoms with E-state index >= 15 is 0 Å². The lowest BCUT2D eigenvalue weighted by atomic mass is 10.3. The van der Waals surface area contributed by atoms with Crippen molar-refractivity contribution in [1.82, 2.24) is 0 Å². The van der Waals surface area contributed by atoms with Crippen molar-refractivity contribution in [2.24, 2.45) is 5.92 Å². The average Bonchev–Trinajstić information content (AvgIpc) is 2.96. The number of allylic oxidation sites excluding steroid dienone is 2. The van der Waals surface area contributed by atoms with Crippen LogP contribution < -0.4 is 0 Å². The van der Waals surface area contributed by atoms with Crippen molar-refractivity contribution in [2.45, 2.75) is 74.7 Å². The fourth-order valence-corrected chi connectivity index (χ4v) is 0.734. The summed E-state index contributed by atoms with van der Waals surface area (Å²) in [7, 11) is 0. The van der Waals surface area contributed by atoms with Gasteiger partial charge in [0.1, 0.15) is 0 Å². The topological polar surface area (TPSA) is 0 Å². The van der Waals surface area contributed by atoms with E-state index in [-0.39, 0.29) is 0 Å². The summed E-state index contributed by atoms with van der Waals surface area (Å²) < 4.78 is 0. The van der Waals surface area contributed by atoms with Gasteiger partial charge in [0.2, 0.25) is 0 Å². The monoisotopic (exact) mass is 200 g/mol. The molecule has 0 nitrogen and oxygen atoms in total. The maximum Gasteiger partial charge on any atom is -0.0231 e. The van der Waals surface area contributed by atoms with Gasteiger partial charge < -0.3 is 0 Å². The Labute approximate surface area is 92.8 Å². The first-order valence-corrected chi connectivity index (χ1v) is 6.35. The highest BCUT2D eigenvalue weighted by atomic mass is 14.2. The minimum Gasteiger partial charge on any atom is -0.0828 e. The Morgan fingerprint density at radius 3 is 1.36 bits per heavy atom. The van der Waals surface area contributed by atoms with Gasteiger partial charge in [-0.25, -0.2) is 0 Å². The smallest absolute Gasteiger partial charge is 0.0231 e. The molecule has 1 fully saturated rings. The van der Waals surface area contributed by atoms with Crippen LogP contribution in [0.15, 0.2) is 11.6 Å². The third-order valence-electron chi connectivity index (χ3n) is 1.19. The Hall–Kier alpha value is -0.260. The van der Waals surface area contributed by atoms with Gasteiger partial charge in [0.05, 0.1) is 0 Å². The van der Waals surface area contributed by atoms with Gasteiger partial charge in [-0.2, -0.15) is 0 Å². The number of rotatable bonds is 1. The second-order valence-electron chi connectivity index (χ2n) is 3.29. The molecule has 0 aromatic rings. The van der Waals surface area contributed by atoms with Crippen molar-refractivity contribution in [2.75, 3.05) is 0 Å². The van der Waals surface area contributed by atoms with E-state index in [2.05, 4.69) is 33.8 Å². The molecule has 0 radical (unpaired) electrons. The Morgan fingerprint density at radius 1 is 1.00 bits per heavy atom. The summed E-state index contributed by atoms with van der Waals surface area (Å²) in [5.41, 5.74) is 1.47. The minimum atomic E-state index is 0.963. The molecule has 14 heavy (non-hydrogen) atoms. The molecule has 0 amide bonds. The molecule has 0 aromatic heterocycles. The van der Waals surface area contributed by atoms with E-state index in [9.17, 15) is 0 Å². The van der Waals surface area contributed by atoms with Crippen molar-refractivity contribution >= 4 is 0 Å². The highest BCUT2D eigenvalue weighted by Gasteiger charge is 2.17. The lowest BCUT2D eigenvalue weighted by Gasteiger charge is -1.82. The second kappa shape index (κ2) is 18.5. The quantitative estimate of drug-likeness (QED) is 0.467. The highest BCUT2D eigenvalue weighted by molar-refractivity contribution is 5.02. The molecule has 0 saturated heterocycles. The van der Waals surface area contributed by atoms with Crippen LogP contribution in [0.5, 0.6) is 0 Å². The van der Waals surface area contributed by atoms with Crippen LogP contribution in [0.2, 0.25) is 0 Å². The maximum atomic E-state index is 2.36. The first kappa shape index (κ1) is 19.3. The maximum absolute atomic E-state index is 2.36. The Morgan fingerprint density at radius 2 is 1.29 bits per heavy atom. The van der Waals surface area contributed by atoms with Crippen LogP contribution in [-0.4, -0.2) is 0 Å². The third-order valence-corrected chi connectivity index (χ3v) is 1.19. The van der Waals surface area contributed by atoms with E-state index in [1.807, 2.05) is 27.7 Å². The molecule has 0 unspecified atom stereocenters. The van der Waals surface area contributed by atoms with Crippen LogP contribution in [0.3, 0.4) is 0 Å². The van der Waals surface area contributed by atoms with Gasteiger partial charge in [-0.3, -0.25) is 0 Å². The van der Waals surface area contributed by atoms with Crippen LogP contribution >= 0.6 is 0 Å². The summed E-state index contributed by atoms with van der Waals surface area (Å²) in [4.78, 5) is 0.